The van der Waals surface area contributed by atoms with E-state index in [1.807, 2.05) is 0 Å². The molecule has 2 aromatic rings. The van der Waals surface area contributed by atoms with Gasteiger partial charge in [0.25, 0.3) is 5.69 Å². The zero-order chi connectivity index (χ0) is 18.4. The second-order valence-corrected chi connectivity index (χ2v) is 5.35. The van der Waals surface area contributed by atoms with Gasteiger partial charge in [-0.2, -0.15) is 0 Å². The largest absolute Gasteiger partial charge is 0.482 e. The Hall–Kier alpha value is -3.13. The molecule has 0 unspecified atom stereocenters. The van der Waals surface area contributed by atoms with Crippen LogP contribution < -0.4 is 10.5 Å². The monoisotopic (exact) mass is 363 g/mol. The van der Waals surface area contributed by atoms with Gasteiger partial charge in [-0.15, -0.1) is 0 Å². The van der Waals surface area contributed by atoms with Crippen LogP contribution in [0.15, 0.2) is 47.6 Å². The Balaban J connectivity index is 1.93. The van der Waals surface area contributed by atoms with Crippen molar-refractivity contribution in [2.75, 3.05) is 6.61 Å². The van der Waals surface area contributed by atoms with Crippen LogP contribution in [0.4, 0.5) is 5.69 Å². The Kier molecular flexibility index (Phi) is 5.91. The number of carbonyl (C=O) groups is 1. The highest BCUT2D eigenvalue weighted by atomic mass is 35.5. The number of nitro benzene ring substituents is 1. The predicted molar refractivity (Wildman–Crippen MR) is 91.6 cm³/mol. The number of carbonyl (C=O) groups excluding carboxylic acids is 1. The maximum absolute atomic E-state index is 11.6. The molecular weight excluding hydrogens is 350 g/mol. The van der Waals surface area contributed by atoms with Crippen LogP contribution in [0, 0.1) is 17.0 Å². The van der Waals surface area contributed by atoms with Gasteiger partial charge < -0.3 is 15.3 Å². The lowest BCUT2D eigenvalue weighted by Gasteiger charge is -2.06. The smallest absolute Gasteiger partial charge is 0.372 e. The van der Waals surface area contributed by atoms with Crippen molar-refractivity contribution in [2.45, 2.75) is 6.92 Å². The molecular formula is C16H14ClN3O5. The number of rotatable bonds is 6. The molecule has 9 heteroatoms. The summed E-state index contributed by atoms with van der Waals surface area (Å²) < 4.78 is 5.26. The molecule has 0 atom stereocenters. The van der Waals surface area contributed by atoms with Gasteiger partial charge in [0.05, 0.1) is 4.92 Å². The van der Waals surface area contributed by atoms with Gasteiger partial charge in [-0.05, 0) is 30.7 Å². The molecule has 130 valence electrons. The standard InChI is InChI=1S/C16H14ClN3O5/c1-10-7-13(5-6-14(10)17)24-9-15(21)25-19-16(18)11-3-2-4-12(8-11)20(22)23/h2-8H,9H2,1H3,(H2,18,19). The number of benzene rings is 2. The molecule has 2 N–H and O–H groups in total. The van der Waals surface area contributed by atoms with Crippen molar-refractivity contribution in [1.82, 2.24) is 0 Å². The highest BCUT2D eigenvalue weighted by molar-refractivity contribution is 6.31. The third-order valence-corrected chi connectivity index (χ3v) is 3.51. The van der Waals surface area contributed by atoms with E-state index < -0.39 is 10.9 Å². The molecule has 0 saturated heterocycles. The van der Waals surface area contributed by atoms with E-state index in [0.717, 1.165) is 5.56 Å². The number of hydrogen-bond acceptors (Lipinski definition) is 6. The topological polar surface area (TPSA) is 117 Å². The predicted octanol–water partition coefficient (Wildman–Crippen LogP) is 2.80. The molecule has 25 heavy (non-hydrogen) atoms. The van der Waals surface area contributed by atoms with Gasteiger partial charge in [-0.25, -0.2) is 4.79 Å². The fourth-order valence-electron chi connectivity index (χ4n) is 1.81. The van der Waals surface area contributed by atoms with E-state index in [4.69, 9.17) is 22.1 Å². The maximum atomic E-state index is 11.6. The zero-order valence-electron chi connectivity index (χ0n) is 13.1. The molecule has 0 amide bonds. The lowest BCUT2D eigenvalue weighted by atomic mass is 10.2. The Bertz CT molecular complexity index is 838. The average molecular weight is 364 g/mol. The third-order valence-electron chi connectivity index (χ3n) is 3.08. The van der Waals surface area contributed by atoms with Gasteiger partial charge in [0.1, 0.15) is 5.75 Å². The number of nitro groups is 1. The Morgan fingerprint density at radius 2 is 2.08 bits per heavy atom. The van der Waals surface area contributed by atoms with E-state index in [0.29, 0.717) is 10.8 Å². The van der Waals surface area contributed by atoms with Crippen molar-refractivity contribution >= 4 is 29.1 Å². The molecule has 0 radical (unpaired) electrons. The highest BCUT2D eigenvalue weighted by Crippen LogP contribution is 2.21. The summed E-state index contributed by atoms with van der Waals surface area (Å²) >= 11 is 5.90. The van der Waals surface area contributed by atoms with Crippen molar-refractivity contribution < 1.29 is 19.3 Å². The van der Waals surface area contributed by atoms with Gasteiger partial charge in [-0.3, -0.25) is 10.1 Å². The number of oxime groups is 1. The van der Waals surface area contributed by atoms with Crippen molar-refractivity contribution in [3.05, 3.63) is 68.7 Å². The van der Waals surface area contributed by atoms with E-state index in [1.54, 1.807) is 25.1 Å². The summed E-state index contributed by atoms with van der Waals surface area (Å²) in [4.78, 5) is 26.4. The molecule has 0 bridgehead atoms. The maximum Gasteiger partial charge on any atom is 0.372 e. The summed E-state index contributed by atoms with van der Waals surface area (Å²) in [6.07, 6.45) is 0. The second-order valence-electron chi connectivity index (χ2n) is 4.95. The number of halogens is 1. The first-order valence-corrected chi connectivity index (χ1v) is 7.41. The molecule has 0 aliphatic carbocycles. The fourth-order valence-corrected chi connectivity index (χ4v) is 1.92. The second kappa shape index (κ2) is 8.11. The Morgan fingerprint density at radius 3 is 2.76 bits per heavy atom. The number of aryl methyl sites for hydroxylation is 1. The molecule has 0 aliphatic heterocycles. The summed E-state index contributed by atoms with van der Waals surface area (Å²) in [6, 6.07) is 10.4. The van der Waals surface area contributed by atoms with Gasteiger partial charge >= 0.3 is 5.97 Å². The lowest BCUT2D eigenvalue weighted by Crippen LogP contribution is -2.18. The number of nitrogens with zero attached hydrogens (tertiary/aromatic N) is 2. The normalized spacial score (nSPS) is 11.0. The Labute approximate surface area is 147 Å². The molecule has 0 aromatic heterocycles. The van der Waals surface area contributed by atoms with E-state index in [-0.39, 0.29) is 23.7 Å². The first-order chi connectivity index (χ1) is 11.9. The van der Waals surface area contributed by atoms with E-state index >= 15 is 0 Å². The van der Waals surface area contributed by atoms with Gasteiger partial charge in [0.2, 0.25) is 0 Å². The van der Waals surface area contributed by atoms with E-state index in [1.165, 1.54) is 24.3 Å². The number of hydrogen-bond donors (Lipinski definition) is 1. The van der Waals surface area contributed by atoms with Crippen LogP contribution in [0.2, 0.25) is 5.02 Å². The number of non-ortho nitro benzene ring substituents is 1. The first kappa shape index (κ1) is 18.2. The number of nitrogens with two attached hydrogens (primary N) is 1. The number of ether oxygens (including phenoxy) is 1. The van der Waals surface area contributed by atoms with E-state index in [2.05, 4.69) is 9.99 Å². The molecule has 2 aromatic carbocycles. The fraction of sp³-hybridized carbons (Fsp3) is 0.125. The van der Waals surface area contributed by atoms with E-state index in [9.17, 15) is 14.9 Å². The summed E-state index contributed by atoms with van der Waals surface area (Å²) in [7, 11) is 0. The van der Waals surface area contributed by atoms with Crippen LogP contribution in [0.25, 0.3) is 0 Å². The van der Waals surface area contributed by atoms with Crippen molar-refractivity contribution in [3.8, 4) is 5.75 Å². The highest BCUT2D eigenvalue weighted by Gasteiger charge is 2.10. The summed E-state index contributed by atoms with van der Waals surface area (Å²) in [5.41, 5.74) is 6.57. The molecule has 0 heterocycles. The Morgan fingerprint density at radius 1 is 1.32 bits per heavy atom. The molecule has 8 nitrogen and oxygen atoms in total. The van der Waals surface area contributed by atoms with Gasteiger partial charge in [-0.1, -0.05) is 28.9 Å². The van der Waals surface area contributed by atoms with Crippen LogP contribution >= 0.6 is 11.6 Å². The first-order valence-electron chi connectivity index (χ1n) is 7.04. The third kappa shape index (κ3) is 5.18. The molecule has 2 rings (SSSR count). The van der Waals surface area contributed by atoms with Crippen molar-refractivity contribution in [2.24, 2.45) is 10.9 Å². The van der Waals surface area contributed by atoms with Crippen LogP contribution in [-0.2, 0) is 9.63 Å². The van der Waals surface area contributed by atoms with Crippen LogP contribution in [0.3, 0.4) is 0 Å². The molecule has 0 aliphatic rings. The number of amidine groups is 1. The molecule has 0 spiro atoms. The minimum Gasteiger partial charge on any atom is -0.482 e. The molecule has 0 saturated carbocycles. The SMILES string of the molecule is Cc1cc(OCC(=O)ON=C(N)c2cccc([N+](=O)[O-])c2)ccc1Cl. The molecule has 0 fully saturated rings. The zero-order valence-corrected chi connectivity index (χ0v) is 13.9. The van der Waals surface area contributed by atoms with Crippen LogP contribution in [0.5, 0.6) is 5.75 Å². The summed E-state index contributed by atoms with van der Waals surface area (Å²) in [5.74, 6) is -0.491. The average Bonchev–Trinajstić information content (AvgIpc) is 2.60. The van der Waals surface area contributed by atoms with Crippen molar-refractivity contribution in [1.29, 1.82) is 0 Å². The lowest BCUT2D eigenvalue weighted by molar-refractivity contribution is -0.384. The quantitative estimate of drug-likeness (QED) is 0.277. The van der Waals surface area contributed by atoms with Crippen LogP contribution in [-0.4, -0.2) is 23.3 Å². The van der Waals surface area contributed by atoms with Gasteiger partial charge in [0, 0.05) is 22.7 Å². The summed E-state index contributed by atoms with van der Waals surface area (Å²) in [6.45, 7) is 1.42. The van der Waals surface area contributed by atoms with Crippen LogP contribution in [0.1, 0.15) is 11.1 Å². The van der Waals surface area contributed by atoms with Gasteiger partial charge in [0.15, 0.2) is 12.4 Å². The minimum atomic E-state index is -0.777. The summed E-state index contributed by atoms with van der Waals surface area (Å²) in [5, 5.41) is 14.8. The minimum absolute atomic E-state index is 0.150. The van der Waals surface area contributed by atoms with Crippen molar-refractivity contribution in [3.63, 3.8) is 0 Å².